The van der Waals surface area contributed by atoms with E-state index in [1.165, 1.54) is 13.2 Å². The minimum Gasteiger partial charge on any atom is -0.465 e. The lowest BCUT2D eigenvalue weighted by molar-refractivity contribution is -0.385. The maximum absolute atomic E-state index is 11.4. The molecule has 0 atom stereocenters. The highest BCUT2D eigenvalue weighted by molar-refractivity contribution is 6.32. The Morgan fingerprint density at radius 1 is 1.38 bits per heavy atom. The molecule has 2 rings (SSSR count). The van der Waals surface area contributed by atoms with E-state index in [4.69, 9.17) is 16.3 Å². The van der Waals surface area contributed by atoms with Crippen LogP contribution in [0.15, 0.2) is 36.5 Å². The van der Waals surface area contributed by atoms with Crippen molar-refractivity contribution in [2.75, 3.05) is 7.11 Å². The number of esters is 1. The lowest BCUT2D eigenvalue weighted by Crippen LogP contribution is -2.01. The number of benzene rings is 1. The highest BCUT2D eigenvalue weighted by Gasteiger charge is 2.13. The fourth-order valence-electron chi connectivity index (χ4n) is 1.51. The first-order chi connectivity index (χ1) is 10.0. The Kier molecular flexibility index (Phi) is 4.34. The van der Waals surface area contributed by atoms with Crippen LogP contribution in [0.5, 0.6) is 11.6 Å². The van der Waals surface area contributed by atoms with E-state index in [0.717, 1.165) is 12.3 Å². The van der Waals surface area contributed by atoms with Gasteiger partial charge < -0.3 is 9.47 Å². The quantitative estimate of drug-likeness (QED) is 0.489. The zero-order chi connectivity index (χ0) is 15.4. The summed E-state index contributed by atoms with van der Waals surface area (Å²) in [5.74, 6) is -0.200. The number of ether oxygens (including phenoxy) is 2. The number of hydrogen-bond donors (Lipinski definition) is 0. The summed E-state index contributed by atoms with van der Waals surface area (Å²) in [6, 6.07) is 7.33. The molecule has 2 aromatic rings. The van der Waals surface area contributed by atoms with Crippen LogP contribution in [-0.4, -0.2) is 23.0 Å². The first-order valence-corrected chi connectivity index (χ1v) is 6.05. The molecule has 0 bridgehead atoms. The molecule has 1 aromatic heterocycles. The Morgan fingerprint density at radius 3 is 2.76 bits per heavy atom. The van der Waals surface area contributed by atoms with Crippen molar-refractivity contribution in [1.29, 1.82) is 0 Å². The van der Waals surface area contributed by atoms with Crippen molar-refractivity contribution in [3.8, 4) is 11.6 Å². The van der Waals surface area contributed by atoms with Crippen LogP contribution in [0.25, 0.3) is 0 Å². The second-order valence-corrected chi connectivity index (χ2v) is 4.27. The van der Waals surface area contributed by atoms with Gasteiger partial charge in [0.1, 0.15) is 17.0 Å². The summed E-state index contributed by atoms with van der Waals surface area (Å²) in [6.45, 7) is 0. The summed E-state index contributed by atoms with van der Waals surface area (Å²) in [5, 5.41) is 10.6. The van der Waals surface area contributed by atoms with E-state index in [1.54, 1.807) is 18.2 Å². The number of methoxy groups -OCH3 is 1. The molecule has 0 aliphatic carbocycles. The third kappa shape index (κ3) is 3.46. The number of halogens is 1. The van der Waals surface area contributed by atoms with Gasteiger partial charge in [-0.3, -0.25) is 10.1 Å². The van der Waals surface area contributed by atoms with E-state index in [0.29, 0.717) is 11.3 Å². The summed E-state index contributed by atoms with van der Waals surface area (Å²) >= 11 is 5.87. The third-order valence-corrected chi connectivity index (χ3v) is 2.74. The molecule has 0 N–H and O–H groups in total. The predicted octanol–water partition coefficient (Wildman–Crippen LogP) is 3.22. The number of aromatic nitrogens is 1. The summed E-state index contributed by atoms with van der Waals surface area (Å²) in [7, 11) is 1.27. The number of pyridine rings is 1. The molecule has 108 valence electrons. The average molecular weight is 309 g/mol. The van der Waals surface area contributed by atoms with E-state index in [2.05, 4.69) is 9.72 Å². The number of carbonyl (C=O) groups is 1. The van der Waals surface area contributed by atoms with Gasteiger partial charge in [0, 0.05) is 6.07 Å². The Morgan fingerprint density at radius 2 is 2.14 bits per heavy atom. The van der Waals surface area contributed by atoms with Crippen molar-refractivity contribution in [3.05, 3.63) is 57.2 Å². The van der Waals surface area contributed by atoms with Gasteiger partial charge in [-0.15, -0.1) is 0 Å². The molecule has 0 radical (unpaired) electrons. The molecule has 0 aliphatic heterocycles. The maximum atomic E-state index is 11.4. The van der Waals surface area contributed by atoms with Crippen LogP contribution >= 0.6 is 11.6 Å². The van der Waals surface area contributed by atoms with Crippen molar-refractivity contribution >= 4 is 23.3 Å². The molecule has 0 saturated carbocycles. The highest BCUT2D eigenvalue weighted by Crippen LogP contribution is 2.30. The fraction of sp³-hybridized carbons (Fsp3) is 0.0769. The van der Waals surface area contributed by atoms with Crippen LogP contribution in [0, 0.1) is 10.1 Å². The van der Waals surface area contributed by atoms with E-state index >= 15 is 0 Å². The first-order valence-electron chi connectivity index (χ1n) is 5.67. The molecule has 0 spiro atoms. The molecular formula is C13H9ClN2O5. The zero-order valence-corrected chi connectivity index (χ0v) is 11.5. The lowest BCUT2D eigenvalue weighted by Gasteiger charge is -2.07. The van der Waals surface area contributed by atoms with E-state index in [1.807, 2.05) is 0 Å². The van der Waals surface area contributed by atoms with Gasteiger partial charge in [-0.05, 0) is 18.2 Å². The molecule has 0 aliphatic rings. The first kappa shape index (κ1) is 14.7. The van der Waals surface area contributed by atoms with Crippen LogP contribution in [-0.2, 0) is 4.74 Å². The third-order valence-electron chi connectivity index (χ3n) is 2.47. The molecule has 8 heteroatoms. The molecule has 0 saturated heterocycles. The molecule has 7 nitrogen and oxygen atoms in total. The van der Waals surface area contributed by atoms with Crippen molar-refractivity contribution in [2.45, 2.75) is 0 Å². The van der Waals surface area contributed by atoms with Gasteiger partial charge in [0.05, 0.1) is 17.6 Å². The normalized spacial score (nSPS) is 10.0. The molecule has 0 fully saturated rings. The van der Waals surface area contributed by atoms with Gasteiger partial charge in [-0.2, -0.15) is 0 Å². The SMILES string of the molecule is COC(=O)c1cccc(Oc2ncc([N+](=O)[O-])cc2Cl)c1. The van der Waals surface area contributed by atoms with Crippen LogP contribution in [0.2, 0.25) is 5.02 Å². The summed E-state index contributed by atoms with van der Waals surface area (Å²) in [6.07, 6.45) is 1.03. The Hall–Kier alpha value is -2.67. The predicted molar refractivity (Wildman–Crippen MR) is 73.8 cm³/mol. The average Bonchev–Trinajstić information content (AvgIpc) is 2.48. The minimum atomic E-state index is -0.611. The fourth-order valence-corrected chi connectivity index (χ4v) is 1.71. The Labute approximate surface area is 124 Å². The Bertz CT molecular complexity index is 705. The summed E-state index contributed by atoms with van der Waals surface area (Å²) in [5.41, 5.74) is 0.0590. The van der Waals surface area contributed by atoms with Crippen molar-refractivity contribution in [3.63, 3.8) is 0 Å². The lowest BCUT2D eigenvalue weighted by atomic mass is 10.2. The monoisotopic (exact) mass is 308 g/mol. The van der Waals surface area contributed by atoms with Crippen molar-refractivity contribution < 1.29 is 19.2 Å². The summed E-state index contributed by atoms with van der Waals surface area (Å²) < 4.78 is 10.0. The smallest absolute Gasteiger partial charge is 0.337 e. The molecule has 21 heavy (non-hydrogen) atoms. The van der Waals surface area contributed by atoms with Gasteiger partial charge >= 0.3 is 5.97 Å². The molecular weight excluding hydrogens is 300 g/mol. The van der Waals surface area contributed by atoms with E-state index in [-0.39, 0.29) is 16.6 Å². The molecule has 1 aromatic carbocycles. The van der Waals surface area contributed by atoms with Crippen LogP contribution < -0.4 is 4.74 Å². The Balaban J connectivity index is 2.26. The van der Waals surface area contributed by atoms with Crippen molar-refractivity contribution in [2.24, 2.45) is 0 Å². The number of hydrogen-bond acceptors (Lipinski definition) is 6. The standard InChI is InChI=1S/C13H9ClN2O5/c1-20-13(17)8-3-2-4-10(5-8)21-12-11(14)6-9(7-15-12)16(18)19/h2-7H,1H3. The highest BCUT2D eigenvalue weighted by atomic mass is 35.5. The zero-order valence-electron chi connectivity index (χ0n) is 10.8. The number of nitro groups is 1. The van der Waals surface area contributed by atoms with E-state index < -0.39 is 10.9 Å². The number of nitrogens with zero attached hydrogens (tertiary/aromatic N) is 2. The van der Waals surface area contributed by atoms with Gasteiger partial charge in [-0.25, -0.2) is 9.78 Å². The number of carbonyl (C=O) groups excluding carboxylic acids is 1. The van der Waals surface area contributed by atoms with Crippen LogP contribution in [0.3, 0.4) is 0 Å². The van der Waals surface area contributed by atoms with Crippen LogP contribution in [0.1, 0.15) is 10.4 Å². The number of rotatable bonds is 4. The summed E-state index contributed by atoms with van der Waals surface area (Å²) in [4.78, 5) is 25.2. The second-order valence-electron chi connectivity index (χ2n) is 3.86. The maximum Gasteiger partial charge on any atom is 0.337 e. The molecule has 0 unspecified atom stereocenters. The van der Waals surface area contributed by atoms with Crippen LogP contribution in [0.4, 0.5) is 5.69 Å². The molecule has 0 amide bonds. The van der Waals surface area contributed by atoms with Gasteiger partial charge in [-0.1, -0.05) is 17.7 Å². The largest absolute Gasteiger partial charge is 0.465 e. The van der Waals surface area contributed by atoms with Gasteiger partial charge in [0.25, 0.3) is 5.69 Å². The van der Waals surface area contributed by atoms with E-state index in [9.17, 15) is 14.9 Å². The van der Waals surface area contributed by atoms with Gasteiger partial charge in [0.2, 0.25) is 5.88 Å². The van der Waals surface area contributed by atoms with Gasteiger partial charge in [0.15, 0.2) is 0 Å². The molecule has 1 heterocycles. The topological polar surface area (TPSA) is 91.6 Å². The minimum absolute atomic E-state index is 0.00397. The van der Waals surface area contributed by atoms with Crippen molar-refractivity contribution in [1.82, 2.24) is 4.98 Å². The second kappa shape index (κ2) is 6.19.